The molecule has 5 rings (SSSR count). The summed E-state index contributed by atoms with van der Waals surface area (Å²) in [6, 6.07) is 11.7. The van der Waals surface area contributed by atoms with Gasteiger partial charge in [-0.3, -0.25) is 4.79 Å². The number of fused-ring (bicyclic) bond motifs is 1. The van der Waals surface area contributed by atoms with Crippen molar-refractivity contribution < 1.29 is 24.1 Å². The first-order valence-electron chi connectivity index (χ1n) is 14.4. The number of carbonyl (C=O) groups is 1. The second kappa shape index (κ2) is 11.7. The van der Waals surface area contributed by atoms with Crippen LogP contribution in [0.15, 0.2) is 36.4 Å². The van der Waals surface area contributed by atoms with Crippen LogP contribution < -0.4 is 9.47 Å². The number of ether oxygens (including phenoxy) is 3. The van der Waals surface area contributed by atoms with Gasteiger partial charge in [0.2, 0.25) is 5.91 Å². The molecule has 2 aliphatic heterocycles. The highest BCUT2D eigenvalue weighted by molar-refractivity contribution is 6.30. The van der Waals surface area contributed by atoms with Crippen molar-refractivity contribution in [3.8, 4) is 11.5 Å². The Labute approximate surface area is 237 Å². The molecule has 2 heterocycles. The summed E-state index contributed by atoms with van der Waals surface area (Å²) < 4.78 is 17.3. The van der Waals surface area contributed by atoms with Crippen molar-refractivity contribution in [3.05, 3.63) is 58.1 Å². The Hall–Kier alpha value is -2.28. The lowest BCUT2D eigenvalue weighted by atomic mass is 9.68. The molecule has 3 aliphatic rings. The molecular formula is C32H42ClNO5. The van der Waals surface area contributed by atoms with Crippen molar-refractivity contribution in [1.29, 1.82) is 0 Å². The van der Waals surface area contributed by atoms with Crippen LogP contribution in [0.3, 0.4) is 0 Å². The monoisotopic (exact) mass is 555 g/mol. The number of halogens is 1. The van der Waals surface area contributed by atoms with E-state index < -0.39 is 5.60 Å². The van der Waals surface area contributed by atoms with Crippen LogP contribution in [0.4, 0.5) is 0 Å². The van der Waals surface area contributed by atoms with E-state index in [1.165, 1.54) is 0 Å². The SMILES string of the molecule is COc1cc2c(cc1OC(C)C)C(c1ccc(Cl)cc1)N(C1CCC([C@](C)(O)C3CCOCC3)CC1)C(=O)C2. The van der Waals surface area contributed by atoms with Gasteiger partial charge in [0.25, 0.3) is 0 Å². The van der Waals surface area contributed by atoms with Crippen LogP contribution in [0.1, 0.15) is 82.0 Å². The lowest BCUT2D eigenvalue weighted by Crippen LogP contribution is -2.51. The van der Waals surface area contributed by atoms with Crippen molar-refractivity contribution in [1.82, 2.24) is 4.90 Å². The van der Waals surface area contributed by atoms with Gasteiger partial charge in [-0.2, -0.15) is 0 Å². The molecular weight excluding hydrogens is 514 g/mol. The summed E-state index contributed by atoms with van der Waals surface area (Å²) in [6.45, 7) is 7.48. The zero-order chi connectivity index (χ0) is 27.7. The molecule has 1 saturated heterocycles. The van der Waals surface area contributed by atoms with Crippen LogP contribution in [-0.4, -0.2) is 54.0 Å². The Morgan fingerprint density at radius 1 is 1.00 bits per heavy atom. The van der Waals surface area contributed by atoms with Gasteiger partial charge in [0.1, 0.15) is 0 Å². The molecule has 212 valence electrons. The number of nitrogens with zero attached hydrogens (tertiary/aromatic N) is 1. The molecule has 39 heavy (non-hydrogen) atoms. The van der Waals surface area contributed by atoms with E-state index in [0.29, 0.717) is 22.9 Å². The molecule has 1 saturated carbocycles. The fraction of sp³-hybridized carbons (Fsp3) is 0.594. The van der Waals surface area contributed by atoms with E-state index in [2.05, 4.69) is 11.0 Å². The Morgan fingerprint density at radius 3 is 2.26 bits per heavy atom. The summed E-state index contributed by atoms with van der Waals surface area (Å²) in [6.07, 6.45) is 5.71. The Morgan fingerprint density at radius 2 is 1.64 bits per heavy atom. The third-order valence-electron chi connectivity index (χ3n) is 9.14. The molecule has 0 spiro atoms. The average Bonchev–Trinajstić information content (AvgIpc) is 2.93. The predicted octanol–water partition coefficient (Wildman–Crippen LogP) is 6.35. The summed E-state index contributed by atoms with van der Waals surface area (Å²) in [7, 11) is 1.64. The number of methoxy groups -OCH3 is 1. The molecule has 0 radical (unpaired) electrons. The molecule has 1 amide bonds. The number of amides is 1. The van der Waals surface area contributed by atoms with Crippen LogP contribution in [-0.2, 0) is 16.0 Å². The molecule has 1 N–H and O–H groups in total. The van der Waals surface area contributed by atoms with E-state index in [1.54, 1.807) is 7.11 Å². The van der Waals surface area contributed by atoms with Crippen molar-refractivity contribution in [2.45, 2.75) is 89.5 Å². The second-order valence-electron chi connectivity index (χ2n) is 11.9. The Kier molecular flexibility index (Phi) is 8.46. The van der Waals surface area contributed by atoms with Gasteiger partial charge in [0.15, 0.2) is 11.5 Å². The van der Waals surface area contributed by atoms with Crippen LogP contribution in [0, 0.1) is 11.8 Å². The minimum Gasteiger partial charge on any atom is -0.493 e. The number of hydrogen-bond donors (Lipinski definition) is 1. The van der Waals surface area contributed by atoms with Crippen LogP contribution in [0.2, 0.25) is 5.02 Å². The third-order valence-corrected chi connectivity index (χ3v) is 9.39. The van der Waals surface area contributed by atoms with Gasteiger partial charge >= 0.3 is 0 Å². The fourth-order valence-electron chi connectivity index (χ4n) is 7.03. The molecule has 2 atom stereocenters. The molecule has 0 bridgehead atoms. The Balaban J connectivity index is 1.46. The first kappa shape index (κ1) is 28.3. The van der Waals surface area contributed by atoms with E-state index in [-0.39, 0.29) is 35.9 Å². The average molecular weight is 556 g/mol. The summed E-state index contributed by atoms with van der Waals surface area (Å²) in [5.41, 5.74) is 2.37. The van der Waals surface area contributed by atoms with Crippen molar-refractivity contribution in [2.24, 2.45) is 11.8 Å². The highest BCUT2D eigenvalue weighted by Gasteiger charge is 2.45. The molecule has 6 nitrogen and oxygen atoms in total. The maximum absolute atomic E-state index is 13.9. The molecule has 1 unspecified atom stereocenters. The number of carbonyl (C=O) groups excluding carboxylic acids is 1. The molecule has 2 aromatic rings. The molecule has 2 aromatic carbocycles. The van der Waals surface area contributed by atoms with Crippen LogP contribution >= 0.6 is 11.6 Å². The fourth-order valence-corrected chi connectivity index (χ4v) is 7.16. The van der Waals surface area contributed by atoms with E-state index >= 15 is 0 Å². The number of rotatable bonds is 7. The lowest BCUT2D eigenvalue weighted by molar-refractivity contribution is -0.139. The standard InChI is InChI=1S/C32H42ClNO5/c1-20(2)39-29-19-27-22(17-28(29)37-4)18-30(35)34(31(27)21-5-9-25(33)10-6-21)26-11-7-23(8-12-26)32(3,36)24-13-15-38-16-14-24/h5-6,9-10,17,19-20,23-24,26,31,36H,7-8,11-16,18H2,1-4H3/t23?,26?,31?,32-/m0/s1. The minimum absolute atomic E-state index is 0.00828. The number of aliphatic hydroxyl groups is 1. The molecule has 1 aliphatic carbocycles. The van der Waals surface area contributed by atoms with Crippen molar-refractivity contribution >= 4 is 17.5 Å². The van der Waals surface area contributed by atoms with Gasteiger partial charge in [0, 0.05) is 24.3 Å². The zero-order valence-electron chi connectivity index (χ0n) is 23.6. The smallest absolute Gasteiger partial charge is 0.228 e. The van der Waals surface area contributed by atoms with E-state index in [1.807, 2.05) is 51.1 Å². The van der Waals surface area contributed by atoms with Gasteiger partial charge in [0.05, 0.1) is 31.3 Å². The van der Waals surface area contributed by atoms with Gasteiger partial charge in [-0.1, -0.05) is 23.7 Å². The van der Waals surface area contributed by atoms with Gasteiger partial charge in [-0.25, -0.2) is 0 Å². The Bertz CT molecular complexity index is 1150. The van der Waals surface area contributed by atoms with Crippen molar-refractivity contribution in [2.75, 3.05) is 20.3 Å². The van der Waals surface area contributed by atoms with Crippen molar-refractivity contribution in [3.63, 3.8) is 0 Å². The third kappa shape index (κ3) is 5.79. The maximum Gasteiger partial charge on any atom is 0.228 e. The van der Waals surface area contributed by atoms with E-state index in [0.717, 1.165) is 68.4 Å². The second-order valence-corrected chi connectivity index (χ2v) is 12.4. The molecule has 2 fully saturated rings. The quantitative estimate of drug-likeness (QED) is 0.431. The zero-order valence-corrected chi connectivity index (χ0v) is 24.4. The number of benzene rings is 2. The van der Waals surface area contributed by atoms with E-state index in [4.69, 9.17) is 25.8 Å². The minimum atomic E-state index is -0.706. The van der Waals surface area contributed by atoms with Gasteiger partial charge < -0.3 is 24.2 Å². The molecule has 0 aromatic heterocycles. The normalized spacial score (nSPS) is 25.8. The highest BCUT2D eigenvalue weighted by atomic mass is 35.5. The van der Waals surface area contributed by atoms with Gasteiger partial charge in [-0.05, 0) is 112 Å². The largest absolute Gasteiger partial charge is 0.493 e. The first-order valence-corrected chi connectivity index (χ1v) is 14.8. The predicted molar refractivity (Wildman–Crippen MR) is 153 cm³/mol. The van der Waals surface area contributed by atoms with E-state index in [9.17, 15) is 9.90 Å². The van der Waals surface area contributed by atoms with Crippen LogP contribution in [0.25, 0.3) is 0 Å². The summed E-state index contributed by atoms with van der Waals surface area (Å²) in [5.74, 6) is 1.97. The summed E-state index contributed by atoms with van der Waals surface area (Å²) in [5, 5.41) is 12.2. The van der Waals surface area contributed by atoms with Crippen LogP contribution in [0.5, 0.6) is 11.5 Å². The maximum atomic E-state index is 13.9. The van der Waals surface area contributed by atoms with Gasteiger partial charge in [-0.15, -0.1) is 0 Å². The molecule has 7 heteroatoms. The topological polar surface area (TPSA) is 68.2 Å². The number of hydrogen-bond acceptors (Lipinski definition) is 5. The highest BCUT2D eigenvalue weighted by Crippen LogP contribution is 2.47. The first-order chi connectivity index (χ1) is 18.7. The summed E-state index contributed by atoms with van der Waals surface area (Å²) >= 11 is 6.26. The summed E-state index contributed by atoms with van der Waals surface area (Å²) in [4.78, 5) is 16.0. The lowest BCUT2D eigenvalue weighted by Gasteiger charge is -2.48.